The topological polar surface area (TPSA) is 52.8 Å². The van der Waals surface area contributed by atoms with Crippen LogP contribution in [0.1, 0.15) is 11.1 Å². The summed E-state index contributed by atoms with van der Waals surface area (Å²) in [7, 11) is 1.63. The minimum Gasteiger partial charge on any atom is -0.494 e. The lowest BCUT2D eigenvalue weighted by molar-refractivity contribution is 0.410. The standard InChI is InChI=1S/C16H15ClN4OS/c1-11-7-8-15(22-2)14(9-11)21-16(18-19-20-21)23-10-12-5-3-4-6-13(12)17/h3-9H,10H2,1-2H3. The van der Waals surface area contributed by atoms with Gasteiger partial charge in [-0.2, -0.15) is 4.68 Å². The van der Waals surface area contributed by atoms with Crippen molar-refractivity contribution in [3.8, 4) is 11.4 Å². The summed E-state index contributed by atoms with van der Waals surface area (Å²) in [6.45, 7) is 2.02. The highest BCUT2D eigenvalue weighted by atomic mass is 35.5. The molecule has 0 spiro atoms. The normalized spacial score (nSPS) is 10.7. The van der Waals surface area contributed by atoms with Crippen LogP contribution in [0, 0.1) is 6.92 Å². The smallest absolute Gasteiger partial charge is 0.214 e. The van der Waals surface area contributed by atoms with Crippen LogP contribution in [0.25, 0.3) is 5.69 Å². The number of aromatic nitrogens is 4. The molecule has 5 nitrogen and oxygen atoms in total. The SMILES string of the molecule is COc1ccc(C)cc1-n1nnnc1SCc1ccccc1Cl. The molecule has 7 heteroatoms. The van der Waals surface area contributed by atoms with Crippen molar-refractivity contribution in [1.29, 1.82) is 0 Å². The molecule has 0 radical (unpaired) electrons. The summed E-state index contributed by atoms with van der Waals surface area (Å²) in [6.07, 6.45) is 0. The minimum atomic E-state index is 0.689. The molecule has 0 bridgehead atoms. The average Bonchev–Trinajstić information content (AvgIpc) is 3.02. The Kier molecular flexibility index (Phi) is 4.83. The zero-order valence-electron chi connectivity index (χ0n) is 12.7. The fourth-order valence-electron chi connectivity index (χ4n) is 2.14. The quantitative estimate of drug-likeness (QED) is 0.655. The predicted molar refractivity (Wildman–Crippen MR) is 91.5 cm³/mol. The molecule has 1 aromatic heterocycles. The summed E-state index contributed by atoms with van der Waals surface area (Å²) < 4.78 is 7.10. The molecule has 0 aliphatic heterocycles. The average molecular weight is 347 g/mol. The van der Waals surface area contributed by atoms with Crippen molar-refractivity contribution in [3.63, 3.8) is 0 Å². The van der Waals surface area contributed by atoms with E-state index in [4.69, 9.17) is 16.3 Å². The van der Waals surface area contributed by atoms with Crippen molar-refractivity contribution in [3.05, 3.63) is 58.6 Å². The molecule has 0 saturated carbocycles. The van der Waals surface area contributed by atoms with Gasteiger partial charge in [0.2, 0.25) is 5.16 Å². The molecule has 3 rings (SSSR count). The van der Waals surface area contributed by atoms with E-state index in [0.29, 0.717) is 10.9 Å². The van der Waals surface area contributed by atoms with E-state index in [-0.39, 0.29) is 0 Å². The number of tetrazole rings is 1. The summed E-state index contributed by atoms with van der Waals surface area (Å²) in [6, 6.07) is 13.7. The van der Waals surface area contributed by atoms with Crippen molar-refractivity contribution in [1.82, 2.24) is 20.2 Å². The molecule has 0 atom stereocenters. The van der Waals surface area contributed by atoms with Crippen LogP contribution >= 0.6 is 23.4 Å². The van der Waals surface area contributed by atoms with Gasteiger partial charge in [0.25, 0.3) is 0 Å². The lowest BCUT2D eigenvalue weighted by Gasteiger charge is -2.10. The van der Waals surface area contributed by atoms with Crippen molar-refractivity contribution < 1.29 is 4.74 Å². The van der Waals surface area contributed by atoms with E-state index in [0.717, 1.165) is 27.6 Å². The Morgan fingerprint density at radius 1 is 1.22 bits per heavy atom. The van der Waals surface area contributed by atoms with Crippen LogP contribution in [0.4, 0.5) is 0 Å². The third-order valence-corrected chi connectivity index (χ3v) is 4.65. The van der Waals surface area contributed by atoms with Crippen molar-refractivity contribution in [2.24, 2.45) is 0 Å². The summed E-state index contributed by atoms with van der Waals surface area (Å²) in [4.78, 5) is 0. The Hall–Kier alpha value is -2.05. The van der Waals surface area contributed by atoms with E-state index < -0.39 is 0 Å². The second kappa shape index (κ2) is 7.02. The van der Waals surface area contributed by atoms with E-state index >= 15 is 0 Å². The largest absolute Gasteiger partial charge is 0.494 e. The molecular weight excluding hydrogens is 332 g/mol. The van der Waals surface area contributed by atoms with Gasteiger partial charge in [-0.15, -0.1) is 5.10 Å². The maximum Gasteiger partial charge on any atom is 0.214 e. The highest BCUT2D eigenvalue weighted by molar-refractivity contribution is 7.98. The third kappa shape index (κ3) is 3.48. The first-order chi connectivity index (χ1) is 11.2. The molecule has 2 aromatic carbocycles. The van der Waals surface area contributed by atoms with Crippen molar-refractivity contribution in [2.45, 2.75) is 17.8 Å². The zero-order chi connectivity index (χ0) is 16.2. The molecule has 0 aliphatic carbocycles. The highest BCUT2D eigenvalue weighted by Crippen LogP contribution is 2.29. The van der Waals surface area contributed by atoms with Crippen LogP contribution in [-0.2, 0) is 5.75 Å². The molecule has 0 unspecified atom stereocenters. The van der Waals surface area contributed by atoms with Crippen LogP contribution in [0.15, 0.2) is 47.6 Å². The van der Waals surface area contributed by atoms with Gasteiger partial charge in [-0.25, -0.2) is 0 Å². The molecule has 1 heterocycles. The first kappa shape index (κ1) is 15.8. The number of aryl methyl sites for hydroxylation is 1. The van der Waals surface area contributed by atoms with Crippen LogP contribution in [-0.4, -0.2) is 27.3 Å². The highest BCUT2D eigenvalue weighted by Gasteiger charge is 2.14. The number of nitrogens with zero attached hydrogens (tertiary/aromatic N) is 4. The summed E-state index contributed by atoms with van der Waals surface area (Å²) >= 11 is 7.73. The number of benzene rings is 2. The van der Waals surface area contributed by atoms with Crippen molar-refractivity contribution >= 4 is 23.4 Å². The van der Waals surface area contributed by atoms with E-state index in [1.54, 1.807) is 11.8 Å². The lowest BCUT2D eigenvalue weighted by Crippen LogP contribution is -2.02. The van der Waals surface area contributed by atoms with Gasteiger partial charge >= 0.3 is 0 Å². The van der Waals surface area contributed by atoms with Gasteiger partial charge in [-0.3, -0.25) is 0 Å². The van der Waals surface area contributed by atoms with Gasteiger partial charge in [0, 0.05) is 10.8 Å². The fourth-order valence-corrected chi connectivity index (χ4v) is 3.31. The van der Waals surface area contributed by atoms with Gasteiger partial charge < -0.3 is 4.74 Å². The third-order valence-electron chi connectivity index (χ3n) is 3.32. The van der Waals surface area contributed by atoms with Crippen LogP contribution < -0.4 is 4.74 Å². The van der Waals surface area contributed by atoms with E-state index in [2.05, 4.69) is 15.5 Å². The number of halogens is 1. The summed E-state index contributed by atoms with van der Waals surface area (Å²) in [5.74, 6) is 1.41. The molecule has 0 aliphatic rings. The Bertz CT molecular complexity index is 821. The zero-order valence-corrected chi connectivity index (χ0v) is 14.3. The number of thioether (sulfide) groups is 1. The fraction of sp³-hybridized carbons (Fsp3) is 0.188. The maximum atomic E-state index is 6.20. The number of ether oxygens (including phenoxy) is 1. The molecule has 0 amide bonds. The minimum absolute atomic E-state index is 0.689. The van der Waals surface area contributed by atoms with Gasteiger partial charge in [-0.05, 0) is 46.7 Å². The molecule has 0 saturated heterocycles. The lowest BCUT2D eigenvalue weighted by atomic mass is 10.2. The van der Waals surface area contributed by atoms with E-state index in [9.17, 15) is 0 Å². The molecule has 23 heavy (non-hydrogen) atoms. The van der Waals surface area contributed by atoms with E-state index in [1.165, 1.54) is 11.8 Å². The van der Waals surface area contributed by atoms with Crippen LogP contribution in [0.2, 0.25) is 5.02 Å². The summed E-state index contributed by atoms with van der Waals surface area (Å²) in [5.41, 5.74) is 2.97. The first-order valence-corrected chi connectivity index (χ1v) is 8.35. The molecule has 0 N–H and O–H groups in total. The maximum absolute atomic E-state index is 6.20. The predicted octanol–water partition coefficient (Wildman–Crippen LogP) is 3.93. The molecule has 3 aromatic rings. The number of rotatable bonds is 5. The van der Waals surface area contributed by atoms with Crippen LogP contribution in [0.3, 0.4) is 0 Å². The van der Waals surface area contributed by atoms with Gasteiger partial charge in [0.1, 0.15) is 11.4 Å². The first-order valence-electron chi connectivity index (χ1n) is 6.98. The Morgan fingerprint density at radius 2 is 2.04 bits per heavy atom. The molecule has 0 fully saturated rings. The number of methoxy groups -OCH3 is 1. The van der Waals surface area contributed by atoms with Gasteiger partial charge in [-0.1, -0.05) is 47.6 Å². The Balaban J connectivity index is 1.88. The Morgan fingerprint density at radius 3 is 2.83 bits per heavy atom. The molecule has 118 valence electrons. The monoisotopic (exact) mass is 346 g/mol. The van der Waals surface area contributed by atoms with E-state index in [1.807, 2.05) is 49.4 Å². The number of hydrogen-bond donors (Lipinski definition) is 0. The van der Waals surface area contributed by atoms with Gasteiger partial charge in [0.15, 0.2) is 0 Å². The van der Waals surface area contributed by atoms with Gasteiger partial charge in [0.05, 0.1) is 7.11 Å². The molecular formula is C16H15ClN4OS. The second-order valence-electron chi connectivity index (χ2n) is 4.93. The second-order valence-corrected chi connectivity index (χ2v) is 6.28. The van der Waals surface area contributed by atoms with Crippen molar-refractivity contribution in [2.75, 3.05) is 7.11 Å². The summed E-state index contributed by atoms with van der Waals surface area (Å²) in [5, 5.41) is 13.4. The van der Waals surface area contributed by atoms with Crippen LogP contribution in [0.5, 0.6) is 5.75 Å². The Labute approximate surface area is 143 Å². The number of hydrogen-bond acceptors (Lipinski definition) is 5.